The van der Waals surface area contributed by atoms with E-state index in [1.165, 1.54) is 6.92 Å². The van der Waals surface area contributed by atoms with Gasteiger partial charge in [-0.1, -0.05) is 26.0 Å². The number of pyridine rings is 1. The van der Waals surface area contributed by atoms with Gasteiger partial charge in [0, 0.05) is 63.5 Å². The maximum Gasteiger partial charge on any atom is 0.245 e. The second kappa shape index (κ2) is 16.2. The minimum absolute atomic E-state index is 0.00878. The van der Waals surface area contributed by atoms with Gasteiger partial charge in [-0.25, -0.2) is 0 Å². The Morgan fingerprint density at radius 1 is 0.980 bits per heavy atom. The summed E-state index contributed by atoms with van der Waals surface area (Å²) in [4.78, 5) is 49.0. The van der Waals surface area contributed by atoms with Crippen LogP contribution in [0.4, 0.5) is 5.69 Å². The maximum absolute atomic E-state index is 14.0. The Morgan fingerprint density at radius 2 is 1.73 bits per heavy atom. The van der Waals surface area contributed by atoms with Gasteiger partial charge in [-0.15, -0.1) is 0 Å². The first-order chi connectivity index (χ1) is 23.6. The molecule has 49 heavy (non-hydrogen) atoms. The number of aromatic nitrogens is 1. The fraction of sp³-hybridized carbons (Fsp3) is 0.474. The third-order valence-corrected chi connectivity index (χ3v) is 9.35. The van der Waals surface area contributed by atoms with E-state index in [0.717, 1.165) is 48.4 Å². The molecule has 2 aliphatic rings. The molecule has 262 valence electrons. The van der Waals surface area contributed by atoms with E-state index in [9.17, 15) is 14.4 Å². The van der Waals surface area contributed by atoms with Crippen LogP contribution in [0.1, 0.15) is 56.5 Å². The summed E-state index contributed by atoms with van der Waals surface area (Å²) >= 11 is 0. The summed E-state index contributed by atoms with van der Waals surface area (Å²) in [6.07, 6.45) is 4.42. The molecule has 0 bridgehead atoms. The normalized spacial score (nSPS) is 16.6. The van der Waals surface area contributed by atoms with Gasteiger partial charge in [-0.3, -0.25) is 24.3 Å². The van der Waals surface area contributed by atoms with Gasteiger partial charge in [0.1, 0.15) is 6.04 Å². The van der Waals surface area contributed by atoms with Gasteiger partial charge in [0.05, 0.1) is 33.1 Å². The first kappa shape index (κ1) is 35.7. The van der Waals surface area contributed by atoms with Crippen molar-refractivity contribution in [3.8, 4) is 28.4 Å². The average molecular weight is 672 g/mol. The van der Waals surface area contributed by atoms with Gasteiger partial charge in [0.25, 0.3) is 0 Å². The summed E-state index contributed by atoms with van der Waals surface area (Å²) in [6.45, 7) is 9.33. The minimum atomic E-state index is -0.577. The van der Waals surface area contributed by atoms with E-state index in [0.29, 0.717) is 60.9 Å². The number of methoxy groups -OCH3 is 3. The molecule has 0 saturated carbocycles. The molecule has 1 fully saturated rings. The number of rotatable bonds is 12. The lowest BCUT2D eigenvalue weighted by atomic mass is 9.95. The van der Waals surface area contributed by atoms with E-state index in [1.54, 1.807) is 33.5 Å². The molecule has 2 amide bonds. The number of carbonyl (C=O) groups is 2. The number of anilines is 1. The molecule has 11 heteroatoms. The molecule has 2 atom stereocenters. The summed E-state index contributed by atoms with van der Waals surface area (Å²) in [5, 5.41) is 6.40. The van der Waals surface area contributed by atoms with Crippen LogP contribution >= 0.6 is 0 Å². The maximum atomic E-state index is 14.0. The second-order valence-corrected chi connectivity index (χ2v) is 13.2. The molecule has 2 aromatic carbocycles. The molecule has 0 spiro atoms. The third-order valence-electron chi connectivity index (χ3n) is 9.35. The molecule has 0 unspecified atom stereocenters. The largest absolute Gasteiger partial charge is 0.493 e. The fourth-order valence-corrected chi connectivity index (χ4v) is 6.94. The monoisotopic (exact) mass is 671 g/mol. The van der Waals surface area contributed by atoms with E-state index in [4.69, 9.17) is 14.2 Å². The smallest absolute Gasteiger partial charge is 0.245 e. The Morgan fingerprint density at radius 3 is 2.37 bits per heavy atom. The lowest BCUT2D eigenvalue weighted by Gasteiger charge is -2.37. The number of aryl methyl sites for hydroxylation is 1. The molecule has 1 aliphatic carbocycles. The SMILES string of the molecule is COc1cc2c(c(OC)c1OC)-c1ccc(N[C@@H](CC(C)C)C(=O)N3CCN(CCc4ccccn4)CC3)c(=O)cc1[C@@H](NC(C)=O)CC2. The van der Waals surface area contributed by atoms with Crippen molar-refractivity contribution in [2.45, 2.75) is 58.5 Å². The topological polar surface area (TPSA) is 122 Å². The molecular formula is C38H49N5O6. The van der Waals surface area contributed by atoms with Gasteiger partial charge in [0.2, 0.25) is 23.0 Å². The highest BCUT2D eigenvalue weighted by atomic mass is 16.5. The summed E-state index contributed by atoms with van der Waals surface area (Å²) in [5.41, 5.74) is 4.26. The number of carbonyl (C=O) groups excluding carboxylic acids is 2. The number of nitrogens with one attached hydrogen (secondary N) is 2. The number of fused-ring (bicyclic) bond motifs is 3. The molecule has 11 nitrogen and oxygen atoms in total. The zero-order chi connectivity index (χ0) is 35.1. The molecule has 2 N–H and O–H groups in total. The van der Waals surface area contributed by atoms with Crippen LogP contribution in [0.2, 0.25) is 0 Å². The Balaban J connectivity index is 1.45. The summed E-state index contributed by atoms with van der Waals surface area (Å²) < 4.78 is 17.3. The zero-order valence-electron chi connectivity index (χ0n) is 29.5. The van der Waals surface area contributed by atoms with Gasteiger partial charge in [-0.2, -0.15) is 0 Å². The van der Waals surface area contributed by atoms with Crippen molar-refractivity contribution >= 4 is 17.5 Å². The van der Waals surface area contributed by atoms with Crippen LogP contribution in [0.5, 0.6) is 17.2 Å². The van der Waals surface area contributed by atoms with Crippen LogP contribution in [0.25, 0.3) is 11.1 Å². The predicted octanol–water partition coefficient (Wildman–Crippen LogP) is 4.47. The number of piperazine rings is 1. The number of ether oxygens (including phenoxy) is 3. The summed E-state index contributed by atoms with van der Waals surface area (Å²) in [5.74, 6) is 1.48. The summed E-state index contributed by atoms with van der Waals surface area (Å²) in [6, 6.07) is 12.1. The molecular weight excluding hydrogens is 622 g/mol. The second-order valence-electron chi connectivity index (χ2n) is 13.2. The molecule has 1 aliphatic heterocycles. The number of nitrogens with zero attached hydrogens (tertiary/aromatic N) is 3. The number of hydrogen-bond acceptors (Lipinski definition) is 9. The number of amides is 2. The number of hydrogen-bond donors (Lipinski definition) is 2. The van der Waals surface area contributed by atoms with Crippen LogP contribution < -0.4 is 30.3 Å². The van der Waals surface area contributed by atoms with E-state index >= 15 is 0 Å². The van der Waals surface area contributed by atoms with Crippen LogP contribution in [-0.2, 0) is 22.4 Å². The van der Waals surface area contributed by atoms with Crippen molar-refractivity contribution < 1.29 is 23.8 Å². The van der Waals surface area contributed by atoms with E-state index < -0.39 is 12.1 Å². The van der Waals surface area contributed by atoms with Crippen LogP contribution in [0.3, 0.4) is 0 Å². The predicted molar refractivity (Wildman–Crippen MR) is 191 cm³/mol. The molecule has 5 rings (SSSR count). The van der Waals surface area contributed by atoms with Crippen molar-refractivity contribution in [1.29, 1.82) is 0 Å². The summed E-state index contributed by atoms with van der Waals surface area (Å²) in [7, 11) is 4.71. The van der Waals surface area contributed by atoms with Gasteiger partial charge in [-0.05, 0) is 72.2 Å². The highest BCUT2D eigenvalue weighted by Gasteiger charge is 2.31. The molecule has 0 radical (unpaired) electrons. The van der Waals surface area contributed by atoms with Gasteiger partial charge < -0.3 is 29.7 Å². The fourth-order valence-electron chi connectivity index (χ4n) is 6.94. The number of benzene rings is 1. The molecule has 2 heterocycles. The Hall–Kier alpha value is -4.64. The van der Waals surface area contributed by atoms with Crippen molar-refractivity contribution in [2.75, 3.05) is 59.4 Å². The zero-order valence-corrected chi connectivity index (χ0v) is 29.5. The van der Waals surface area contributed by atoms with E-state index in [2.05, 4.69) is 34.4 Å². The standard InChI is InChI=1S/C38H49N5O6/c1-24(2)21-32(38(46)43-19-17-42(18-20-43)16-14-27-9-7-8-15-39-27)41-31-13-11-28-29(23-33(31)45)30(40-25(3)44)12-10-26-22-34(47-4)36(48-5)37(49-6)35(26)28/h7-9,11,13,15,22-24,30,32H,10,12,14,16-21H2,1-6H3,(H,40,44)(H,41,45)/t30-,32-/m0/s1. The van der Waals surface area contributed by atoms with Crippen molar-refractivity contribution in [3.63, 3.8) is 0 Å². The Kier molecular flexibility index (Phi) is 11.8. The first-order valence-electron chi connectivity index (χ1n) is 17.1. The van der Waals surface area contributed by atoms with Crippen LogP contribution in [0, 0.1) is 5.92 Å². The average Bonchev–Trinajstić information content (AvgIpc) is 3.34. The van der Waals surface area contributed by atoms with E-state index in [-0.39, 0.29) is 23.2 Å². The van der Waals surface area contributed by atoms with Gasteiger partial charge >= 0.3 is 0 Å². The van der Waals surface area contributed by atoms with Crippen LogP contribution in [0.15, 0.2) is 53.5 Å². The molecule has 1 saturated heterocycles. The molecule has 1 aromatic heterocycles. The lowest BCUT2D eigenvalue weighted by molar-refractivity contribution is -0.134. The highest BCUT2D eigenvalue weighted by molar-refractivity contribution is 5.86. The molecule has 3 aromatic rings. The van der Waals surface area contributed by atoms with Crippen molar-refractivity contribution in [1.82, 2.24) is 20.1 Å². The van der Waals surface area contributed by atoms with Crippen LogP contribution in [-0.4, -0.2) is 86.7 Å². The lowest BCUT2D eigenvalue weighted by Crippen LogP contribution is -2.53. The Labute approximate surface area is 289 Å². The quantitative estimate of drug-likeness (QED) is 0.287. The van der Waals surface area contributed by atoms with Crippen molar-refractivity contribution in [3.05, 3.63) is 75.7 Å². The highest BCUT2D eigenvalue weighted by Crippen LogP contribution is 2.50. The third kappa shape index (κ3) is 8.33. The first-order valence-corrected chi connectivity index (χ1v) is 17.1. The van der Waals surface area contributed by atoms with Crippen molar-refractivity contribution in [2.24, 2.45) is 5.92 Å². The van der Waals surface area contributed by atoms with E-state index in [1.807, 2.05) is 41.4 Å². The Bertz CT molecular complexity index is 1690. The minimum Gasteiger partial charge on any atom is -0.493 e. The van der Waals surface area contributed by atoms with Gasteiger partial charge in [0.15, 0.2) is 11.5 Å².